The summed E-state index contributed by atoms with van der Waals surface area (Å²) in [5.41, 5.74) is 1.03. The molecule has 3 aromatic rings. The molecular formula is C16H15N5OS. The van der Waals surface area contributed by atoms with Crippen molar-refractivity contribution in [3.8, 4) is 5.82 Å². The molecule has 1 amide bonds. The lowest BCUT2D eigenvalue weighted by molar-refractivity contribution is 0.102. The van der Waals surface area contributed by atoms with Crippen LogP contribution in [-0.4, -0.2) is 31.9 Å². The van der Waals surface area contributed by atoms with Crippen molar-refractivity contribution in [1.82, 2.24) is 19.7 Å². The smallest absolute Gasteiger partial charge is 0.276 e. The highest BCUT2D eigenvalue weighted by Gasteiger charge is 2.11. The topological polar surface area (TPSA) is 72.7 Å². The standard InChI is InChI=1S/C16H15N5OS/c1-11-17-9-10-21(11)15-8-7-13(19-20-15)16(22)18-12-5-3-4-6-14(12)23-2/h3-10H,1-2H3,(H,18,22). The molecule has 0 aliphatic rings. The molecule has 0 spiro atoms. The summed E-state index contributed by atoms with van der Waals surface area (Å²) in [5.74, 6) is 1.15. The zero-order valence-electron chi connectivity index (χ0n) is 12.7. The van der Waals surface area contributed by atoms with Crippen LogP contribution in [0.3, 0.4) is 0 Å². The monoisotopic (exact) mass is 325 g/mol. The van der Waals surface area contributed by atoms with E-state index >= 15 is 0 Å². The van der Waals surface area contributed by atoms with Gasteiger partial charge in [0.2, 0.25) is 0 Å². The number of rotatable bonds is 4. The van der Waals surface area contributed by atoms with E-state index in [4.69, 9.17) is 0 Å². The van der Waals surface area contributed by atoms with Gasteiger partial charge in [0.05, 0.1) is 5.69 Å². The highest BCUT2D eigenvalue weighted by Crippen LogP contribution is 2.24. The summed E-state index contributed by atoms with van der Waals surface area (Å²) in [6.07, 6.45) is 5.46. The average Bonchev–Trinajstić information content (AvgIpc) is 3.01. The first-order valence-electron chi connectivity index (χ1n) is 6.97. The number of thioether (sulfide) groups is 1. The van der Waals surface area contributed by atoms with Crippen molar-refractivity contribution >= 4 is 23.4 Å². The van der Waals surface area contributed by atoms with E-state index in [-0.39, 0.29) is 11.6 Å². The fraction of sp³-hybridized carbons (Fsp3) is 0.125. The summed E-state index contributed by atoms with van der Waals surface area (Å²) < 4.78 is 1.80. The van der Waals surface area contributed by atoms with Crippen molar-refractivity contribution in [2.75, 3.05) is 11.6 Å². The third-order valence-corrected chi connectivity index (χ3v) is 4.11. The molecule has 3 rings (SSSR count). The summed E-state index contributed by atoms with van der Waals surface area (Å²) in [4.78, 5) is 17.4. The van der Waals surface area contributed by atoms with Crippen LogP contribution in [0.4, 0.5) is 5.69 Å². The maximum atomic E-state index is 12.3. The van der Waals surface area contributed by atoms with E-state index in [1.807, 2.05) is 37.4 Å². The highest BCUT2D eigenvalue weighted by atomic mass is 32.2. The van der Waals surface area contributed by atoms with E-state index in [0.29, 0.717) is 5.82 Å². The molecular weight excluding hydrogens is 310 g/mol. The maximum absolute atomic E-state index is 12.3. The van der Waals surface area contributed by atoms with Gasteiger partial charge in [-0.05, 0) is 37.4 Å². The Morgan fingerprint density at radius 3 is 2.65 bits per heavy atom. The number of hydrogen-bond donors (Lipinski definition) is 1. The zero-order chi connectivity index (χ0) is 16.2. The molecule has 0 fully saturated rings. The van der Waals surface area contributed by atoms with E-state index < -0.39 is 0 Å². The summed E-state index contributed by atoms with van der Waals surface area (Å²) in [6, 6.07) is 11.0. The molecule has 116 valence electrons. The van der Waals surface area contributed by atoms with Gasteiger partial charge >= 0.3 is 0 Å². The first kappa shape index (κ1) is 15.2. The predicted molar refractivity (Wildman–Crippen MR) is 90.1 cm³/mol. The second-order valence-corrected chi connectivity index (χ2v) is 5.62. The number of anilines is 1. The molecule has 0 aliphatic heterocycles. The number of imidazole rings is 1. The first-order chi connectivity index (χ1) is 11.2. The van der Waals surface area contributed by atoms with Crippen LogP contribution in [0.25, 0.3) is 5.82 Å². The van der Waals surface area contributed by atoms with Gasteiger partial charge in [-0.1, -0.05) is 12.1 Å². The van der Waals surface area contributed by atoms with Crippen molar-refractivity contribution in [3.05, 3.63) is 60.3 Å². The minimum absolute atomic E-state index is 0.266. The SMILES string of the molecule is CSc1ccccc1NC(=O)c1ccc(-n2ccnc2C)nn1. The largest absolute Gasteiger partial charge is 0.320 e. The summed E-state index contributed by atoms with van der Waals surface area (Å²) >= 11 is 1.57. The van der Waals surface area contributed by atoms with Crippen molar-refractivity contribution in [3.63, 3.8) is 0 Å². The van der Waals surface area contributed by atoms with E-state index in [0.717, 1.165) is 16.4 Å². The summed E-state index contributed by atoms with van der Waals surface area (Å²) in [5, 5.41) is 11.0. The summed E-state index contributed by atoms with van der Waals surface area (Å²) in [6.45, 7) is 1.88. The van der Waals surface area contributed by atoms with Crippen molar-refractivity contribution in [2.24, 2.45) is 0 Å². The van der Waals surface area contributed by atoms with Crippen LogP contribution in [0, 0.1) is 6.92 Å². The van der Waals surface area contributed by atoms with Gasteiger partial charge in [0.25, 0.3) is 5.91 Å². The van der Waals surface area contributed by atoms with Crippen molar-refractivity contribution < 1.29 is 4.79 Å². The fourth-order valence-electron chi connectivity index (χ4n) is 2.13. The van der Waals surface area contributed by atoms with Crippen LogP contribution < -0.4 is 5.32 Å². The Bertz CT molecular complexity index is 828. The van der Waals surface area contributed by atoms with Gasteiger partial charge < -0.3 is 5.32 Å². The number of aryl methyl sites for hydroxylation is 1. The minimum Gasteiger partial charge on any atom is -0.320 e. The first-order valence-corrected chi connectivity index (χ1v) is 8.20. The number of aromatic nitrogens is 4. The lowest BCUT2D eigenvalue weighted by atomic mass is 10.3. The quantitative estimate of drug-likeness (QED) is 0.747. The molecule has 7 heteroatoms. The Balaban J connectivity index is 1.79. The molecule has 6 nitrogen and oxygen atoms in total. The molecule has 23 heavy (non-hydrogen) atoms. The maximum Gasteiger partial charge on any atom is 0.276 e. The molecule has 0 aliphatic carbocycles. The molecule has 1 N–H and O–H groups in total. The number of carbonyl (C=O) groups is 1. The Labute approximate surface area is 138 Å². The van der Waals surface area contributed by atoms with Crippen molar-refractivity contribution in [1.29, 1.82) is 0 Å². The lowest BCUT2D eigenvalue weighted by Gasteiger charge is -2.09. The third kappa shape index (κ3) is 3.24. The second kappa shape index (κ2) is 6.62. The van der Waals surface area contributed by atoms with E-state index in [1.54, 1.807) is 40.9 Å². The molecule has 0 atom stereocenters. The zero-order valence-corrected chi connectivity index (χ0v) is 13.5. The Hall–Kier alpha value is -2.67. The summed E-state index contributed by atoms with van der Waals surface area (Å²) in [7, 11) is 0. The lowest BCUT2D eigenvalue weighted by Crippen LogP contribution is -2.15. The van der Waals surface area contributed by atoms with Gasteiger partial charge in [-0.15, -0.1) is 22.0 Å². The highest BCUT2D eigenvalue weighted by molar-refractivity contribution is 7.98. The van der Waals surface area contributed by atoms with Crippen LogP contribution in [0.1, 0.15) is 16.3 Å². The number of hydrogen-bond acceptors (Lipinski definition) is 5. The fourth-order valence-corrected chi connectivity index (χ4v) is 2.68. The van der Waals surface area contributed by atoms with Gasteiger partial charge in [-0.3, -0.25) is 9.36 Å². The van der Waals surface area contributed by atoms with Crippen LogP contribution in [0.2, 0.25) is 0 Å². The van der Waals surface area contributed by atoms with Gasteiger partial charge in [-0.2, -0.15) is 0 Å². The van der Waals surface area contributed by atoms with E-state index in [2.05, 4.69) is 20.5 Å². The Morgan fingerprint density at radius 1 is 1.17 bits per heavy atom. The molecule has 0 saturated heterocycles. The van der Waals surface area contributed by atoms with Gasteiger partial charge in [0.15, 0.2) is 11.5 Å². The number of amides is 1. The number of nitrogens with one attached hydrogen (secondary N) is 1. The average molecular weight is 325 g/mol. The number of carbonyl (C=O) groups excluding carboxylic acids is 1. The predicted octanol–water partition coefficient (Wildman–Crippen LogP) is 2.94. The molecule has 0 bridgehead atoms. The number of nitrogens with zero attached hydrogens (tertiary/aromatic N) is 4. The Kier molecular flexibility index (Phi) is 4.38. The molecule has 2 heterocycles. The van der Waals surface area contributed by atoms with Crippen LogP contribution in [0.15, 0.2) is 53.7 Å². The third-order valence-electron chi connectivity index (χ3n) is 3.31. The van der Waals surface area contributed by atoms with Gasteiger partial charge in [0, 0.05) is 17.3 Å². The van der Waals surface area contributed by atoms with Gasteiger partial charge in [0.1, 0.15) is 5.82 Å². The van der Waals surface area contributed by atoms with Gasteiger partial charge in [-0.25, -0.2) is 4.98 Å². The van der Waals surface area contributed by atoms with Crippen LogP contribution in [0.5, 0.6) is 0 Å². The Morgan fingerprint density at radius 2 is 2.00 bits per heavy atom. The van der Waals surface area contributed by atoms with Crippen LogP contribution in [-0.2, 0) is 0 Å². The van der Waals surface area contributed by atoms with E-state index in [9.17, 15) is 4.79 Å². The molecule has 0 unspecified atom stereocenters. The van der Waals surface area contributed by atoms with Crippen LogP contribution >= 0.6 is 11.8 Å². The second-order valence-electron chi connectivity index (χ2n) is 4.78. The van der Waals surface area contributed by atoms with E-state index in [1.165, 1.54) is 0 Å². The normalized spacial score (nSPS) is 10.5. The molecule has 1 aromatic carbocycles. The molecule has 0 radical (unpaired) electrons. The number of para-hydroxylation sites is 1. The number of benzene rings is 1. The minimum atomic E-state index is -0.284. The molecule has 0 saturated carbocycles. The van der Waals surface area contributed by atoms with Crippen molar-refractivity contribution in [2.45, 2.75) is 11.8 Å². The molecule has 2 aromatic heterocycles.